The van der Waals surface area contributed by atoms with Crippen molar-refractivity contribution >= 4 is 0 Å². The highest BCUT2D eigenvalue weighted by Crippen LogP contribution is 2.58. The van der Waals surface area contributed by atoms with Crippen LogP contribution in [-0.2, 0) is 0 Å². The number of allylic oxidation sites excluding steroid dienone is 10. The summed E-state index contributed by atoms with van der Waals surface area (Å²) in [5.41, 5.74) is 16.9. The van der Waals surface area contributed by atoms with Gasteiger partial charge in [-0.3, -0.25) is 0 Å². The molecule has 4 aliphatic rings. The van der Waals surface area contributed by atoms with Crippen molar-refractivity contribution in [2.75, 3.05) is 0 Å². The summed E-state index contributed by atoms with van der Waals surface area (Å²) in [6.07, 6.45) is 10.7. The number of rotatable bonds is 0. The zero-order valence-electron chi connectivity index (χ0n) is 19.7. The van der Waals surface area contributed by atoms with Gasteiger partial charge in [-0.2, -0.15) is 0 Å². The molecular formula is C28H40. The van der Waals surface area contributed by atoms with Crippen molar-refractivity contribution in [3.05, 3.63) is 55.7 Å². The molecule has 0 heteroatoms. The van der Waals surface area contributed by atoms with E-state index < -0.39 is 0 Å². The predicted octanol–water partition coefficient (Wildman–Crippen LogP) is 8.78. The highest BCUT2D eigenvalue weighted by Gasteiger charge is 2.43. The molecule has 0 aromatic rings. The zero-order chi connectivity index (χ0) is 20.4. The van der Waals surface area contributed by atoms with E-state index in [1.165, 1.54) is 51.4 Å². The van der Waals surface area contributed by atoms with Gasteiger partial charge in [-0.1, -0.05) is 49.0 Å². The summed E-state index contributed by atoms with van der Waals surface area (Å²) in [5.74, 6) is 0. The lowest BCUT2D eigenvalue weighted by Gasteiger charge is -2.47. The van der Waals surface area contributed by atoms with Gasteiger partial charge in [0.25, 0.3) is 0 Å². The fourth-order valence-corrected chi connectivity index (χ4v) is 7.26. The van der Waals surface area contributed by atoms with E-state index in [0.717, 1.165) is 0 Å². The lowest BCUT2D eigenvalue weighted by Crippen LogP contribution is -2.32. The van der Waals surface area contributed by atoms with E-state index in [1.807, 2.05) is 0 Å². The van der Waals surface area contributed by atoms with Crippen LogP contribution in [0.25, 0.3) is 0 Å². The van der Waals surface area contributed by atoms with Crippen molar-refractivity contribution in [3.63, 3.8) is 0 Å². The maximum Gasteiger partial charge on any atom is 0.0101 e. The lowest BCUT2D eigenvalue weighted by molar-refractivity contribution is 0.348. The average molecular weight is 377 g/mol. The molecule has 0 heterocycles. The monoisotopic (exact) mass is 376 g/mol. The molecule has 2 fully saturated rings. The summed E-state index contributed by atoms with van der Waals surface area (Å²) in [4.78, 5) is 0. The molecule has 152 valence electrons. The molecule has 0 saturated heterocycles. The molecule has 2 atom stereocenters. The normalized spacial score (nSPS) is 36.9. The van der Waals surface area contributed by atoms with Gasteiger partial charge in [0.2, 0.25) is 0 Å². The smallest absolute Gasteiger partial charge is 0.0101 e. The highest BCUT2D eigenvalue weighted by atomic mass is 14.5. The minimum atomic E-state index is 0.304. The standard InChI is InChI=1S/C28H40/c1-17-21(5)27(7)15-11-9-13-23(27)19(3)25(17)26-18(2)22(6)28(8)16-12-10-14-24(28)20(26)4/h9-16H2,1-8H3/b26-25+/t27-,28-/m1/s1. The van der Waals surface area contributed by atoms with Gasteiger partial charge in [0.05, 0.1) is 0 Å². The molecule has 2 saturated carbocycles. The Hall–Kier alpha value is -1.30. The second kappa shape index (κ2) is 6.61. The molecule has 0 aromatic carbocycles. The van der Waals surface area contributed by atoms with Crippen molar-refractivity contribution in [1.29, 1.82) is 0 Å². The minimum absolute atomic E-state index is 0.304. The molecule has 0 N–H and O–H groups in total. The van der Waals surface area contributed by atoms with Crippen LogP contribution in [0.3, 0.4) is 0 Å². The van der Waals surface area contributed by atoms with E-state index in [2.05, 4.69) is 55.4 Å². The second-order valence-corrected chi connectivity index (χ2v) is 10.5. The van der Waals surface area contributed by atoms with Crippen molar-refractivity contribution < 1.29 is 0 Å². The van der Waals surface area contributed by atoms with Crippen molar-refractivity contribution in [3.8, 4) is 0 Å². The Bertz CT molecular complexity index is 820. The first-order valence-electron chi connectivity index (χ1n) is 11.7. The van der Waals surface area contributed by atoms with Crippen LogP contribution in [0, 0.1) is 10.8 Å². The molecule has 0 aliphatic heterocycles. The molecule has 0 spiro atoms. The Kier molecular flexibility index (Phi) is 4.72. The first-order valence-corrected chi connectivity index (χ1v) is 11.7. The summed E-state index contributed by atoms with van der Waals surface area (Å²) in [6, 6.07) is 0. The van der Waals surface area contributed by atoms with Crippen LogP contribution in [0.15, 0.2) is 55.7 Å². The lowest BCUT2D eigenvalue weighted by atomic mass is 9.57. The van der Waals surface area contributed by atoms with Crippen LogP contribution >= 0.6 is 0 Å². The van der Waals surface area contributed by atoms with Gasteiger partial charge in [0.15, 0.2) is 0 Å². The SMILES string of the molecule is CC1=C(C)[C@@]2(C)CCCCC2=C(C)/C1=C1\C(C)=C(C)[C@@]2(C)CCCCC2=C1C. The largest absolute Gasteiger partial charge is 0.0598 e. The van der Waals surface area contributed by atoms with Gasteiger partial charge in [-0.25, -0.2) is 0 Å². The van der Waals surface area contributed by atoms with Gasteiger partial charge >= 0.3 is 0 Å². The molecule has 0 unspecified atom stereocenters. The number of hydrogen-bond donors (Lipinski definition) is 0. The van der Waals surface area contributed by atoms with Crippen molar-refractivity contribution in [2.45, 2.75) is 107 Å². The molecule has 28 heavy (non-hydrogen) atoms. The second-order valence-electron chi connectivity index (χ2n) is 10.5. The molecule has 4 rings (SSSR count). The van der Waals surface area contributed by atoms with Crippen LogP contribution in [0.1, 0.15) is 107 Å². The summed E-state index contributed by atoms with van der Waals surface area (Å²) in [5, 5.41) is 0. The first-order chi connectivity index (χ1) is 13.1. The van der Waals surface area contributed by atoms with Gasteiger partial charge in [0, 0.05) is 10.8 Å². The van der Waals surface area contributed by atoms with Gasteiger partial charge in [-0.05, 0) is 114 Å². The van der Waals surface area contributed by atoms with E-state index in [0.29, 0.717) is 10.8 Å². The number of hydrogen-bond acceptors (Lipinski definition) is 0. The Morgan fingerprint density at radius 3 is 1.21 bits per heavy atom. The van der Waals surface area contributed by atoms with Crippen molar-refractivity contribution in [2.24, 2.45) is 10.8 Å². The van der Waals surface area contributed by atoms with Crippen LogP contribution < -0.4 is 0 Å². The van der Waals surface area contributed by atoms with Gasteiger partial charge < -0.3 is 0 Å². The predicted molar refractivity (Wildman–Crippen MR) is 122 cm³/mol. The molecule has 0 amide bonds. The van der Waals surface area contributed by atoms with Crippen molar-refractivity contribution in [1.82, 2.24) is 0 Å². The Morgan fingerprint density at radius 2 is 0.857 bits per heavy atom. The molecule has 0 aromatic heterocycles. The van der Waals surface area contributed by atoms with E-state index in [1.54, 1.807) is 55.7 Å². The Labute approximate surface area is 173 Å². The topological polar surface area (TPSA) is 0 Å². The zero-order valence-corrected chi connectivity index (χ0v) is 19.7. The van der Waals surface area contributed by atoms with E-state index in [-0.39, 0.29) is 0 Å². The summed E-state index contributed by atoms with van der Waals surface area (Å²) < 4.78 is 0. The summed E-state index contributed by atoms with van der Waals surface area (Å²) in [6.45, 7) is 19.6. The molecular weight excluding hydrogens is 336 g/mol. The first kappa shape index (κ1) is 20.0. The highest BCUT2D eigenvalue weighted by molar-refractivity contribution is 5.69. The third kappa shape index (κ3) is 2.49. The maximum absolute atomic E-state index is 2.52. The van der Waals surface area contributed by atoms with E-state index in [9.17, 15) is 0 Å². The van der Waals surface area contributed by atoms with Crippen LogP contribution in [0.4, 0.5) is 0 Å². The van der Waals surface area contributed by atoms with Crippen LogP contribution in [-0.4, -0.2) is 0 Å². The third-order valence-corrected chi connectivity index (χ3v) is 9.47. The minimum Gasteiger partial charge on any atom is -0.0598 e. The van der Waals surface area contributed by atoms with E-state index in [4.69, 9.17) is 0 Å². The summed E-state index contributed by atoms with van der Waals surface area (Å²) >= 11 is 0. The number of fused-ring (bicyclic) bond motifs is 2. The molecule has 4 aliphatic carbocycles. The van der Waals surface area contributed by atoms with Crippen LogP contribution in [0.5, 0.6) is 0 Å². The van der Waals surface area contributed by atoms with Gasteiger partial charge in [0.1, 0.15) is 0 Å². The average Bonchev–Trinajstić information content (AvgIpc) is 2.67. The molecule has 0 nitrogen and oxygen atoms in total. The van der Waals surface area contributed by atoms with E-state index >= 15 is 0 Å². The third-order valence-electron chi connectivity index (χ3n) is 9.47. The van der Waals surface area contributed by atoms with Gasteiger partial charge in [-0.15, -0.1) is 0 Å². The fraction of sp³-hybridized carbons (Fsp3) is 0.643. The quantitative estimate of drug-likeness (QED) is 0.396. The van der Waals surface area contributed by atoms with Crippen LogP contribution in [0.2, 0.25) is 0 Å². The maximum atomic E-state index is 2.52. The Balaban J connectivity index is 2.03. The molecule has 0 radical (unpaired) electrons. The summed E-state index contributed by atoms with van der Waals surface area (Å²) in [7, 11) is 0. The Morgan fingerprint density at radius 1 is 0.500 bits per heavy atom. The fourth-order valence-electron chi connectivity index (χ4n) is 7.26. The molecule has 0 bridgehead atoms.